The Labute approximate surface area is 105 Å². The number of nitrogens with one attached hydrogen (secondary N) is 2. The largest absolute Gasteiger partial charge is 0.480 e. The van der Waals surface area contributed by atoms with Crippen LogP contribution in [0.5, 0.6) is 0 Å². The highest BCUT2D eigenvalue weighted by Crippen LogP contribution is 2.02. The Bertz CT molecular complexity index is 261. The number of carbonyl (C=O) groups is 3. The van der Waals surface area contributed by atoms with Crippen LogP contribution < -0.4 is 10.6 Å². The summed E-state index contributed by atoms with van der Waals surface area (Å²) in [4.78, 5) is 32.0. The van der Waals surface area contributed by atoms with Gasteiger partial charge < -0.3 is 15.7 Å². The van der Waals surface area contributed by atoms with Crippen molar-refractivity contribution in [3.8, 4) is 0 Å². The van der Waals surface area contributed by atoms with Gasteiger partial charge in [-0.05, 0) is 6.42 Å². The molecule has 3 N–H and O–H groups in total. The number of unbranched alkanes of at least 4 members (excludes halogenated alkanes) is 1. The van der Waals surface area contributed by atoms with Crippen molar-refractivity contribution in [2.45, 2.75) is 25.8 Å². The molecule has 7 heteroatoms. The molecule has 0 aliphatic heterocycles. The molecule has 98 valence electrons. The second kappa shape index (κ2) is 9.95. The molecule has 0 aromatic heterocycles. The molecule has 1 atom stereocenters. The van der Waals surface area contributed by atoms with E-state index in [1.54, 1.807) is 0 Å². The first kappa shape index (κ1) is 15.8. The first-order chi connectivity index (χ1) is 8.11. The van der Waals surface area contributed by atoms with Crippen molar-refractivity contribution in [2.24, 2.45) is 0 Å². The summed E-state index contributed by atoms with van der Waals surface area (Å²) in [5, 5.41) is 13.6. The summed E-state index contributed by atoms with van der Waals surface area (Å²) in [6.45, 7) is 2.67. The van der Waals surface area contributed by atoms with E-state index in [1.807, 2.05) is 6.92 Å². The van der Waals surface area contributed by atoms with Crippen LogP contribution in [0.2, 0.25) is 0 Å². The van der Waals surface area contributed by atoms with E-state index in [0.29, 0.717) is 13.0 Å². The molecular formula is C10H18N2O4S. The number of thioether (sulfide) groups is 1. The predicted molar refractivity (Wildman–Crippen MR) is 65.9 cm³/mol. The Hall–Kier alpha value is -1.24. The molecule has 6 nitrogen and oxygen atoms in total. The monoisotopic (exact) mass is 262 g/mol. The quantitative estimate of drug-likeness (QED) is 0.375. The molecule has 0 radical (unpaired) electrons. The SMILES string of the molecule is CCCCNC(=O)CSCC(NC=O)C(=O)O. The van der Waals surface area contributed by atoms with Crippen molar-refractivity contribution in [1.29, 1.82) is 0 Å². The van der Waals surface area contributed by atoms with Gasteiger partial charge in [-0.3, -0.25) is 9.59 Å². The van der Waals surface area contributed by atoms with E-state index < -0.39 is 12.0 Å². The van der Waals surface area contributed by atoms with E-state index in [1.165, 1.54) is 11.8 Å². The Kier molecular flexibility index (Phi) is 9.22. The summed E-state index contributed by atoms with van der Waals surface area (Å²) in [7, 11) is 0. The zero-order valence-electron chi connectivity index (χ0n) is 9.77. The van der Waals surface area contributed by atoms with Crippen LogP contribution in [0.25, 0.3) is 0 Å². The van der Waals surface area contributed by atoms with E-state index in [0.717, 1.165) is 12.8 Å². The van der Waals surface area contributed by atoms with Crippen molar-refractivity contribution >= 4 is 30.0 Å². The number of hydrogen-bond donors (Lipinski definition) is 3. The summed E-state index contributed by atoms with van der Waals surface area (Å²) in [6.07, 6.45) is 2.29. The van der Waals surface area contributed by atoms with Gasteiger partial charge in [0.05, 0.1) is 5.75 Å². The van der Waals surface area contributed by atoms with Crippen LogP contribution in [0.4, 0.5) is 0 Å². The fraction of sp³-hybridized carbons (Fsp3) is 0.700. The third-order valence-electron chi connectivity index (χ3n) is 1.94. The number of amides is 2. The van der Waals surface area contributed by atoms with Gasteiger partial charge in [-0.25, -0.2) is 4.79 Å². The minimum absolute atomic E-state index is 0.112. The molecule has 0 spiro atoms. The van der Waals surface area contributed by atoms with Crippen molar-refractivity contribution in [3.05, 3.63) is 0 Å². The average molecular weight is 262 g/mol. The molecule has 0 saturated heterocycles. The van der Waals surface area contributed by atoms with Crippen LogP contribution in [0.15, 0.2) is 0 Å². The first-order valence-electron chi connectivity index (χ1n) is 5.38. The summed E-state index contributed by atoms with van der Waals surface area (Å²) >= 11 is 1.18. The number of carboxylic acid groups (broad SMARTS) is 1. The Morgan fingerprint density at radius 1 is 1.47 bits per heavy atom. The lowest BCUT2D eigenvalue weighted by Gasteiger charge is -2.10. The Morgan fingerprint density at radius 3 is 2.71 bits per heavy atom. The lowest BCUT2D eigenvalue weighted by atomic mass is 10.3. The van der Waals surface area contributed by atoms with Gasteiger partial charge in [0.1, 0.15) is 6.04 Å². The summed E-state index contributed by atoms with van der Waals surface area (Å²) in [5.41, 5.74) is 0. The van der Waals surface area contributed by atoms with Gasteiger partial charge in [-0.1, -0.05) is 13.3 Å². The minimum Gasteiger partial charge on any atom is -0.480 e. The molecule has 0 fully saturated rings. The molecule has 2 amide bonds. The zero-order chi connectivity index (χ0) is 13.1. The van der Waals surface area contributed by atoms with E-state index in [-0.39, 0.29) is 17.4 Å². The van der Waals surface area contributed by atoms with Gasteiger partial charge in [0, 0.05) is 12.3 Å². The Morgan fingerprint density at radius 2 is 2.18 bits per heavy atom. The number of aliphatic carboxylic acids is 1. The molecule has 0 saturated carbocycles. The van der Waals surface area contributed by atoms with Crippen molar-refractivity contribution in [2.75, 3.05) is 18.1 Å². The topological polar surface area (TPSA) is 95.5 Å². The fourth-order valence-corrected chi connectivity index (χ4v) is 1.88. The van der Waals surface area contributed by atoms with E-state index in [9.17, 15) is 14.4 Å². The second-order valence-electron chi connectivity index (χ2n) is 3.39. The van der Waals surface area contributed by atoms with Crippen molar-refractivity contribution in [3.63, 3.8) is 0 Å². The molecule has 0 aliphatic carbocycles. The van der Waals surface area contributed by atoms with Gasteiger partial charge in [0.2, 0.25) is 12.3 Å². The maximum absolute atomic E-state index is 11.3. The van der Waals surface area contributed by atoms with Crippen molar-refractivity contribution < 1.29 is 19.5 Å². The lowest BCUT2D eigenvalue weighted by molar-refractivity contribution is -0.139. The van der Waals surface area contributed by atoms with E-state index in [2.05, 4.69) is 10.6 Å². The van der Waals surface area contributed by atoms with Crippen LogP contribution in [0.3, 0.4) is 0 Å². The van der Waals surface area contributed by atoms with Crippen molar-refractivity contribution in [1.82, 2.24) is 10.6 Å². The van der Waals surface area contributed by atoms with Crippen LogP contribution >= 0.6 is 11.8 Å². The van der Waals surface area contributed by atoms with Crippen LogP contribution in [-0.2, 0) is 14.4 Å². The smallest absolute Gasteiger partial charge is 0.327 e. The number of hydrogen-bond acceptors (Lipinski definition) is 4. The third kappa shape index (κ3) is 8.56. The number of rotatable bonds is 10. The molecule has 17 heavy (non-hydrogen) atoms. The van der Waals surface area contributed by atoms with E-state index >= 15 is 0 Å². The maximum atomic E-state index is 11.3. The molecule has 0 aromatic rings. The molecular weight excluding hydrogens is 244 g/mol. The zero-order valence-corrected chi connectivity index (χ0v) is 10.6. The summed E-state index contributed by atoms with van der Waals surface area (Å²) in [5.74, 6) is -0.835. The third-order valence-corrected chi connectivity index (χ3v) is 2.97. The highest BCUT2D eigenvalue weighted by atomic mass is 32.2. The van der Waals surface area contributed by atoms with Gasteiger partial charge >= 0.3 is 5.97 Å². The molecule has 0 bridgehead atoms. The predicted octanol–water partition coefficient (Wildman–Crippen LogP) is -0.165. The second-order valence-corrected chi connectivity index (χ2v) is 4.42. The average Bonchev–Trinajstić information content (AvgIpc) is 2.28. The van der Waals surface area contributed by atoms with Crippen LogP contribution in [-0.4, -0.2) is 47.5 Å². The van der Waals surface area contributed by atoms with Crippen LogP contribution in [0, 0.1) is 0 Å². The fourth-order valence-electron chi connectivity index (χ4n) is 0.998. The van der Waals surface area contributed by atoms with Gasteiger partial charge in [-0.2, -0.15) is 0 Å². The summed E-state index contributed by atoms with van der Waals surface area (Å²) in [6, 6.07) is -0.944. The highest BCUT2D eigenvalue weighted by molar-refractivity contribution is 8.00. The minimum atomic E-state index is -1.10. The van der Waals surface area contributed by atoms with E-state index in [4.69, 9.17) is 5.11 Å². The maximum Gasteiger partial charge on any atom is 0.327 e. The van der Waals surface area contributed by atoms with Gasteiger partial charge in [-0.15, -0.1) is 11.8 Å². The standard InChI is InChI=1S/C10H18N2O4S/c1-2-3-4-11-9(14)6-17-5-8(10(15)16)12-7-13/h7-8H,2-6H2,1H3,(H,11,14)(H,12,13)(H,15,16). The highest BCUT2D eigenvalue weighted by Gasteiger charge is 2.16. The lowest BCUT2D eigenvalue weighted by Crippen LogP contribution is -2.38. The molecule has 0 aliphatic rings. The van der Waals surface area contributed by atoms with Crippen LogP contribution in [0.1, 0.15) is 19.8 Å². The molecule has 1 unspecified atom stereocenters. The van der Waals surface area contributed by atoms with Gasteiger partial charge in [0.15, 0.2) is 0 Å². The number of carboxylic acids is 1. The van der Waals surface area contributed by atoms with Gasteiger partial charge in [0.25, 0.3) is 0 Å². The molecule has 0 heterocycles. The molecule has 0 rings (SSSR count). The summed E-state index contributed by atoms with van der Waals surface area (Å²) < 4.78 is 0. The number of carbonyl (C=O) groups excluding carboxylic acids is 2. The molecule has 0 aromatic carbocycles. The Balaban J connectivity index is 3.69. The normalized spacial score (nSPS) is 11.6. The first-order valence-corrected chi connectivity index (χ1v) is 6.54.